The fraction of sp³-hybridized carbons (Fsp3) is 0.471. The molecule has 0 saturated heterocycles. The van der Waals surface area contributed by atoms with Gasteiger partial charge >= 0.3 is 0 Å². The van der Waals surface area contributed by atoms with E-state index in [9.17, 15) is 0 Å². The van der Waals surface area contributed by atoms with Crippen molar-refractivity contribution in [3.63, 3.8) is 0 Å². The molecule has 0 radical (unpaired) electrons. The Hall–Kier alpha value is -1.26. The molecule has 114 valence electrons. The quantitative estimate of drug-likeness (QED) is 0.882. The Balaban J connectivity index is 2.13. The van der Waals surface area contributed by atoms with E-state index < -0.39 is 0 Å². The molecule has 0 bridgehead atoms. The van der Waals surface area contributed by atoms with Crippen LogP contribution in [-0.4, -0.2) is 27.3 Å². The monoisotopic (exact) mass is 303 g/mol. The van der Waals surface area contributed by atoms with Crippen molar-refractivity contribution < 1.29 is 0 Å². The predicted molar refractivity (Wildman–Crippen MR) is 92.3 cm³/mol. The summed E-state index contributed by atoms with van der Waals surface area (Å²) in [5.74, 6) is 0. The number of aryl methyl sites for hydroxylation is 1. The van der Waals surface area contributed by atoms with E-state index in [4.69, 9.17) is 0 Å². The molecule has 2 rings (SSSR count). The van der Waals surface area contributed by atoms with E-state index in [1.807, 2.05) is 34.6 Å². The van der Waals surface area contributed by atoms with Crippen LogP contribution in [0.3, 0.4) is 0 Å². The van der Waals surface area contributed by atoms with Crippen LogP contribution in [0, 0.1) is 13.8 Å². The van der Waals surface area contributed by atoms with Gasteiger partial charge in [-0.05, 0) is 46.1 Å². The summed E-state index contributed by atoms with van der Waals surface area (Å²) >= 11 is 1.89. The van der Waals surface area contributed by atoms with Gasteiger partial charge in [0.15, 0.2) is 0 Å². The average molecular weight is 303 g/mol. The van der Waals surface area contributed by atoms with Gasteiger partial charge in [0, 0.05) is 29.1 Å². The molecule has 0 amide bonds. The zero-order valence-electron chi connectivity index (χ0n) is 13.6. The first kappa shape index (κ1) is 16.1. The largest absolute Gasteiger partial charge is 0.311 e. The molecular formula is C17H25N3S. The Kier molecular flexibility index (Phi) is 5.12. The fourth-order valence-electron chi connectivity index (χ4n) is 2.31. The number of hydrogen-bond donors (Lipinski definition) is 1. The molecule has 1 N–H and O–H groups in total. The van der Waals surface area contributed by atoms with E-state index in [0.717, 1.165) is 24.5 Å². The van der Waals surface area contributed by atoms with Gasteiger partial charge in [-0.3, -0.25) is 0 Å². The van der Waals surface area contributed by atoms with Crippen LogP contribution in [0.4, 0.5) is 0 Å². The highest BCUT2D eigenvalue weighted by atomic mass is 32.2. The summed E-state index contributed by atoms with van der Waals surface area (Å²) in [7, 11) is 0. The zero-order valence-corrected chi connectivity index (χ0v) is 14.4. The van der Waals surface area contributed by atoms with Gasteiger partial charge in [0.1, 0.15) is 0 Å². The van der Waals surface area contributed by atoms with Crippen LogP contribution < -0.4 is 5.32 Å². The van der Waals surface area contributed by atoms with Crippen molar-refractivity contribution in [3.8, 4) is 5.69 Å². The normalized spacial score (nSPS) is 11.9. The molecule has 1 heterocycles. The van der Waals surface area contributed by atoms with Crippen molar-refractivity contribution in [2.24, 2.45) is 0 Å². The highest BCUT2D eigenvalue weighted by molar-refractivity contribution is 7.99. The van der Waals surface area contributed by atoms with E-state index in [2.05, 4.69) is 56.5 Å². The summed E-state index contributed by atoms with van der Waals surface area (Å²) in [5.41, 5.74) is 4.74. The summed E-state index contributed by atoms with van der Waals surface area (Å²) in [6.07, 6.45) is 2.16. The molecule has 4 heteroatoms. The highest BCUT2D eigenvalue weighted by Gasteiger charge is 2.17. The molecule has 0 unspecified atom stereocenters. The summed E-state index contributed by atoms with van der Waals surface area (Å²) in [6.45, 7) is 10.6. The van der Waals surface area contributed by atoms with Crippen molar-refractivity contribution in [1.82, 2.24) is 15.1 Å². The first-order chi connectivity index (χ1) is 9.94. The van der Waals surface area contributed by atoms with Crippen LogP contribution in [0.1, 0.15) is 30.8 Å². The van der Waals surface area contributed by atoms with Gasteiger partial charge in [0.05, 0.1) is 11.4 Å². The minimum absolute atomic E-state index is 0.261. The maximum Gasteiger partial charge on any atom is 0.0648 e. The molecule has 21 heavy (non-hydrogen) atoms. The lowest BCUT2D eigenvalue weighted by Crippen LogP contribution is -2.31. The van der Waals surface area contributed by atoms with E-state index in [0.29, 0.717) is 0 Å². The molecule has 3 nitrogen and oxygen atoms in total. The molecule has 0 atom stereocenters. The van der Waals surface area contributed by atoms with Crippen molar-refractivity contribution >= 4 is 11.8 Å². The van der Waals surface area contributed by atoms with Crippen molar-refractivity contribution in [1.29, 1.82) is 0 Å². The van der Waals surface area contributed by atoms with Crippen LogP contribution in [0.5, 0.6) is 0 Å². The number of para-hydroxylation sites is 1. The van der Waals surface area contributed by atoms with E-state index in [-0.39, 0.29) is 4.75 Å². The van der Waals surface area contributed by atoms with E-state index in [1.54, 1.807) is 0 Å². The molecule has 0 spiro atoms. The number of nitrogens with zero attached hydrogens (tertiary/aromatic N) is 2. The number of benzene rings is 1. The lowest BCUT2D eigenvalue weighted by Gasteiger charge is -2.22. The van der Waals surface area contributed by atoms with Crippen LogP contribution in [-0.2, 0) is 6.54 Å². The van der Waals surface area contributed by atoms with Gasteiger partial charge in [0.2, 0.25) is 0 Å². The fourth-order valence-corrected chi connectivity index (χ4v) is 2.56. The van der Waals surface area contributed by atoms with Gasteiger partial charge < -0.3 is 5.32 Å². The first-order valence-corrected chi connectivity index (χ1v) is 8.53. The van der Waals surface area contributed by atoms with Gasteiger partial charge in [-0.1, -0.05) is 18.2 Å². The molecule has 2 aromatic rings. The van der Waals surface area contributed by atoms with Gasteiger partial charge in [-0.2, -0.15) is 16.9 Å². The third-order valence-corrected chi connectivity index (χ3v) is 5.10. The Labute approximate surface area is 132 Å². The number of thioether (sulfide) groups is 1. The number of nitrogens with one attached hydrogen (secondary N) is 1. The minimum Gasteiger partial charge on any atom is -0.311 e. The van der Waals surface area contributed by atoms with Crippen LogP contribution in [0.25, 0.3) is 5.69 Å². The molecule has 0 saturated carbocycles. The minimum atomic E-state index is 0.261. The van der Waals surface area contributed by atoms with Crippen LogP contribution in [0.15, 0.2) is 30.3 Å². The Bertz CT molecular complexity index is 588. The number of hydrogen-bond acceptors (Lipinski definition) is 3. The Morgan fingerprint density at radius 3 is 2.48 bits per heavy atom. The molecule has 0 aliphatic carbocycles. The SMILES string of the molecule is CSC(C)(C)CNCc1c(C)nn(-c2ccccc2)c1C. The van der Waals surface area contributed by atoms with Crippen LogP contribution in [0.2, 0.25) is 0 Å². The maximum absolute atomic E-state index is 4.69. The first-order valence-electron chi connectivity index (χ1n) is 7.31. The predicted octanol–water partition coefficient (Wildman–Crippen LogP) is 3.72. The Morgan fingerprint density at radius 2 is 1.86 bits per heavy atom. The summed E-state index contributed by atoms with van der Waals surface area (Å²) < 4.78 is 2.29. The molecule has 0 aliphatic heterocycles. The second kappa shape index (κ2) is 6.67. The topological polar surface area (TPSA) is 29.9 Å². The van der Waals surface area contributed by atoms with E-state index >= 15 is 0 Å². The standard InChI is InChI=1S/C17H25N3S/c1-13-16(11-18-12-17(3,4)21-5)14(2)20(19-13)15-9-7-6-8-10-15/h6-10,18H,11-12H2,1-5H3. The van der Waals surface area contributed by atoms with Gasteiger partial charge in [-0.15, -0.1) is 0 Å². The lowest BCUT2D eigenvalue weighted by atomic mass is 10.1. The van der Waals surface area contributed by atoms with Crippen molar-refractivity contribution in [3.05, 3.63) is 47.3 Å². The lowest BCUT2D eigenvalue weighted by molar-refractivity contribution is 0.588. The molecule has 1 aromatic heterocycles. The summed E-state index contributed by atoms with van der Waals surface area (Å²) in [5, 5.41) is 8.25. The summed E-state index contributed by atoms with van der Waals surface area (Å²) in [6, 6.07) is 10.3. The molecule has 0 aliphatic rings. The second-order valence-corrected chi connectivity index (χ2v) is 7.48. The third-order valence-electron chi connectivity index (χ3n) is 3.85. The van der Waals surface area contributed by atoms with Gasteiger partial charge in [0.25, 0.3) is 0 Å². The highest BCUT2D eigenvalue weighted by Crippen LogP contribution is 2.21. The average Bonchev–Trinajstić information content (AvgIpc) is 2.76. The van der Waals surface area contributed by atoms with Crippen molar-refractivity contribution in [2.45, 2.75) is 39.0 Å². The molecular weight excluding hydrogens is 278 g/mol. The maximum atomic E-state index is 4.69. The van der Waals surface area contributed by atoms with Crippen molar-refractivity contribution in [2.75, 3.05) is 12.8 Å². The van der Waals surface area contributed by atoms with Crippen LogP contribution >= 0.6 is 11.8 Å². The Morgan fingerprint density at radius 1 is 1.19 bits per heavy atom. The molecule has 0 fully saturated rings. The van der Waals surface area contributed by atoms with Gasteiger partial charge in [-0.25, -0.2) is 4.68 Å². The second-order valence-electron chi connectivity index (χ2n) is 5.96. The summed E-state index contributed by atoms with van der Waals surface area (Å²) in [4.78, 5) is 0. The molecule has 1 aromatic carbocycles. The third kappa shape index (κ3) is 3.89. The van der Waals surface area contributed by atoms with E-state index in [1.165, 1.54) is 11.3 Å². The smallest absolute Gasteiger partial charge is 0.0648 e. The number of rotatable bonds is 6. The zero-order chi connectivity index (χ0) is 15.5. The number of aromatic nitrogens is 2.